The molecule has 1 aliphatic heterocycles. The average Bonchev–Trinajstić information content (AvgIpc) is 2.68. The van der Waals surface area contributed by atoms with Gasteiger partial charge in [0.25, 0.3) is 0 Å². The fourth-order valence-electron chi connectivity index (χ4n) is 2.10. The molecule has 16 heavy (non-hydrogen) atoms. The Hall–Kier alpha value is -1.36. The second-order valence-corrected chi connectivity index (χ2v) is 4.06. The molecule has 1 atom stereocenters. The number of aryl methyl sites for hydroxylation is 1. The van der Waals surface area contributed by atoms with Crippen LogP contribution in [0.3, 0.4) is 0 Å². The van der Waals surface area contributed by atoms with E-state index in [1.165, 1.54) is 0 Å². The first-order valence-electron chi connectivity index (χ1n) is 5.50. The number of rotatable bonds is 4. The molecule has 2 rings (SSSR count). The molecule has 88 valence electrons. The van der Waals surface area contributed by atoms with Gasteiger partial charge in [0, 0.05) is 26.3 Å². The van der Waals surface area contributed by atoms with Crippen molar-refractivity contribution in [1.29, 1.82) is 0 Å². The third-order valence-electron chi connectivity index (χ3n) is 2.92. The van der Waals surface area contributed by atoms with Crippen LogP contribution >= 0.6 is 0 Å². The number of ether oxygens (including phenoxy) is 1. The van der Waals surface area contributed by atoms with E-state index in [1.54, 1.807) is 7.11 Å². The van der Waals surface area contributed by atoms with Crippen molar-refractivity contribution >= 4 is 5.97 Å². The summed E-state index contributed by atoms with van der Waals surface area (Å²) < 4.78 is 6.95. The van der Waals surface area contributed by atoms with Crippen LogP contribution in [-0.4, -0.2) is 34.3 Å². The predicted molar refractivity (Wildman–Crippen MR) is 57.4 cm³/mol. The molecule has 0 aromatic carbocycles. The highest BCUT2D eigenvalue weighted by molar-refractivity contribution is 5.75. The number of carboxylic acids is 1. The first-order valence-corrected chi connectivity index (χ1v) is 5.50. The molecule has 2 heterocycles. The van der Waals surface area contributed by atoms with E-state index in [-0.39, 0.29) is 0 Å². The smallest absolute Gasteiger partial charge is 0.314 e. The van der Waals surface area contributed by atoms with E-state index in [1.807, 2.05) is 10.8 Å². The number of nitrogens with zero attached hydrogens (tertiary/aromatic N) is 2. The van der Waals surface area contributed by atoms with Gasteiger partial charge in [-0.2, -0.15) is 0 Å². The summed E-state index contributed by atoms with van der Waals surface area (Å²) in [6.45, 7) is 1.49. The van der Waals surface area contributed by atoms with E-state index in [2.05, 4.69) is 4.98 Å². The van der Waals surface area contributed by atoms with Crippen molar-refractivity contribution in [3.8, 4) is 0 Å². The SMILES string of the molecule is COCCc1cn2c(n1)C(C(=O)O)CCC2. The molecule has 1 N–H and O–H groups in total. The van der Waals surface area contributed by atoms with Crippen molar-refractivity contribution in [3.63, 3.8) is 0 Å². The first-order chi connectivity index (χ1) is 7.72. The maximum Gasteiger partial charge on any atom is 0.314 e. The highest BCUT2D eigenvalue weighted by Crippen LogP contribution is 2.26. The second-order valence-electron chi connectivity index (χ2n) is 4.06. The van der Waals surface area contributed by atoms with Crippen LogP contribution in [0.2, 0.25) is 0 Å². The van der Waals surface area contributed by atoms with Crippen LogP contribution in [0, 0.1) is 0 Å². The van der Waals surface area contributed by atoms with E-state index in [4.69, 9.17) is 9.84 Å². The van der Waals surface area contributed by atoms with Crippen LogP contribution in [0.5, 0.6) is 0 Å². The van der Waals surface area contributed by atoms with Crippen molar-refractivity contribution in [2.24, 2.45) is 0 Å². The molecule has 1 aliphatic rings. The Bertz CT molecular complexity index is 387. The number of aliphatic carboxylic acids is 1. The Morgan fingerprint density at radius 2 is 2.56 bits per heavy atom. The number of fused-ring (bicyclic) bond motifs is 1. The van der Waals surface area contributed by atoms with Gasteiger partial charge in [0.2, 0.25) is 0 Å². The fourth-order valence-corrected chi connectivity index (χ4v) is 2.10. The molecule has 5 heteroatoms. The van der Waals surface area contributed by atoms with Gasteiger partial charge in [-0.15, -0.1) is 0 Å². The maximum absolute atomic E-state index is 11.1. The van der Waals surface area contributed by atoms with E-state index in [0.29, 0.717) is 18.9 Å². The van der Waals surface area contributed by atoms with Crippen molar-refractivity contribution in [3.05, 3.63) is 17.7 Å². The third-order valence-corrected chi connectivity index (χ3v) is 2.92. The van der Waals surface area contributed by atoms with E-state index in [9.17, 15) is 4.79 Å². The molecule has 0 amide bonds. The zero-order valence-electron chi connectivity index (χ0n) is 9.35. The maximum atomic E-state index is 11.1. The number of imidazole rings is 1. The Morgan fingerprint density at radius 1 is 1.75 bits per heavy atom. The number of hydrogen-bond donors (Lipinski definition) is 1. The van der Waals surface area contributed by atoms with Gasteiger partial charge in [-0.05, 0) is 12.8 Å². The Morgan fingerprint density at radius 3 is 3.25 bits per heavy atom. The zero-order valence-corrected chi connectivity index (χ0v) is 9.35. The number of aromatic nitrogens is 2. The van der Waals surface area contributed by atoms with Crippen LogP contribution < -0.4 is 0 Å². The lowest BCUT2D eigenvalue weighted by atomic mass is 9.99. The summed E-state index contributed by atoms with van der Waals surface area (Å²) in [6, 6.07) is 0. The molecule has 5 nitrogen and oxygen atoms in total. The van der Waals surface area contributed by atoms with E-state index in [0.717, 1.165) is 25.1 Å². The summed E-state index contributed by atoms with van der Waals surface area (Å²) in [5.74, 6) is -0.514. The Labute approximate surface area is 94.1 Å². The van der Waals surface area contributed by atoms with Crippen LogP contribution in [0.1, 0.15) is 30.3 Å². The van der Waals surface area contributed by atoms with Crippen LogP contribution in [-0.2, 0) is 22.5 Å². The van der Waals surface area contributed by atoms with Crippen molar-refractivity contribution in [1.82, 2.24) is 9.55 Å². The number of carbonyl (C=O) groups is 1. The number of hydrogen-bond acceptors (Lipinski definition) is 3. The van der Waals surface area contributed by atoms with Gasteiger partial charge < -0.3 is 14.4 Å². The van der Waals surface area contributed by atoms with Gasteiger partial charge in [0.05, 0.1) is 12.3 Å². The van der Waals surface area contributed by atoms with Crippen LogP contribution in [0.4, 0.5) is 0 Å². The van der Waals surface area contributed by atoms with Gasteiger partial charge in [0.15, 0.2) is 0 Å². The lowest BCUT2D eigenvalue weighted by Crippen LogP contribution is -2.21. The minimum absolute atomic E-state index is 0.440. The molecule has 0 radical (unpaired) electrons. The molecule has 0 aliphatic carbocycles. The zero-order chi connectivity index (χ0) is 11.5. The first kappa shape index (κ1) is 11.1. The van der Waals surface area contributed by atoms with Crippen molar-refractivity contribution in [2.45, 2.75) is 31.7 Å². The fraction of sp³-hybridized carbons (Fsp3) is 0.636. The van der Waals surface area contributed by atoms with E-state index < -0.39 is 11.9 Å². The second kappa shape index (κ2) is 4.65. The molecule has 0 fully saturated rings. The molecular weight excluding hydrogens is 208 g/mol. The number of methoxy groups -OCH3 is 1. The van der Waals surface area contributed by atoms with E-state index >= 15 is 0 Å². The summed E-state index contributed by atoms with van der Waals surface area (Å²) >= 11 is 0. The predicted octanol–water partition coefficient (Wildman–Crippen LogP) is 1.03. The van der Waals surface area contributed by atoms with Gasteiger partial charge >= 0.3 is 5.97 Å². The molecule has 0 saturated carbocycles. The number of carboxylic acid groups (broad SMARTS) is 1. The highest BCUT2D eigenvalue weighted by atomic mass is 16.5. The van der Waals surface area contributed by atoms with Crippen molar-refractivity contribution < 1.29 is 14.6 Å². The minimum atomic E-state index is -0.773. The van der Waals surface area contributed by atoms with Crippen LogP contribution in [0.25, 0.3) is 0 Å². The minimum Gasteiger partial charge on any atom is -0.481 e. The van der Waals surface area contributed by atoms with Gasteiger partial charge in [-0.1, -0.05) is 0 Å². The normalized spacial score (nSPS) is 19.4. The summed E-state index contributed by atoms with van der Waals surface area (Å²) in [5.41, 5.74) is 0.921. The summed E-state index contributed by atoms with van der Waals surface area (Å²) in [7, 11) is 1.65. The van der Waals surface area contributed by atoms with Gasteiger partial charge in [-0.25, -0.2) is 4.98 Å². The summed E-state index contributed by atoms with van der Waals surface area (Å²) in [6.07, 6.45) is 4.28. The molecule has 1 aromatic rings. The van der Waals surface area contributed by atoms with Crippen molar-refractivity contribution in [2.75, 3.05) is 13.7 Å². The third kappa shape index (κ3) is 2.09. The molecular formula is C11H16N2O3. The van der Waals surface area contributed by atoms with Gasteiger partial charge in [0.1, 0.15) is 11.7 Å². The standard InChI is InChI=1S/C11H16N2O3/c1-16-6-4-8-7-13-5-2-3-9(11(14)15)10(13)12-8/h7,9H,2-6H2,1H3,(H,14,15). The summed E-state index contributed by atoms with van der Waals surface area (Å²) in [4.78, 5) is 15.5. The quantitative estimate of drug-likeness (QED) is 0.829. The Balaban J connectivity index is 2.20. The highest BCUT2D eigenvalue weighted by Gasteiger charge is 2.28. The Kier molecular flexibility index (Phi) is 3.24. The largest absolute Gasteiger partial charge is 0.481 e. The lowest BCUT2D eigenvalue weighted by molar-refractivity contribution is -0.139. The van der Waals surface area contributed by atoms with Gasteiger partial charge in [-0.3, -0.25) is 4.79 Å². The monoisotopic (exact) mass is 224 g/mol. The molecule has 1 aromatic heterocycles. The lowest BCUT2D eigenvalue weighted by Gasteiger charge is -2.19. The molecule has 0 bridgehead atoms. The molecule has 0 saturated heterocycles. The summed E-state index contributed by atoms with van der Waals surface area (Å²) in [5, 5.41) is 9.09. The average molecular weight is 224 g/mol. The molecule has 0 spiro atoms. The molecule has 1 unspecified atom stereocenters. The van der Waals surface area contributed by atoms with Crippen LogP contribution in [0.15, 0.2) is 6.20 Å². The topological polar surface area (TPSA) is 64.4 Å².